The monoisotopic (exact) mass is 309 g/mol. The van der Waals surface area contributed by atoms with Crippen LogP contribution in [0.1, 0.15) is 5.56 Å². The van der Waals surface area contributed by atoms with Gasteiger partial charge in [0.05, 0.1) is 3.57 Å². The normalized spacial score (nSPS) is 10.0. The van der Waals surface area contributed by atoms with E-state index in [0.29, 0.717) is 0 Å². The standard InChI is InChI=1S/C13H10IO/c1-10-6-2-4-8-12(10)15-13-9-5-3-7-11(13)14/h2-9H,1H2. The molecule has 0 unspecified atom stereocenters. The number of para-hydroxylation sites is 2. The molecule has 0 bridgehead atoms. The molecule has 75 valence electrons. The zero-order chi connectivity index (χ0) is 10.7. The van der Waals surface area contributed by atoms with Crippen molar-refractivity contribution in [1.82, 2.24) is 0 Å². The lowest BCUT2D eigenvalue weighted by Crippen LogP contribution is -1.88. The zero-order valence-corrected chi connectivity index (χ0v) is 10.3. The lowest BCUT2D eigenvalue weighted by Gasteiger charge is -2.09. The van der Waals surface area contributed by atoms with Gasteiger partial charge in [-0.1, -0.05) is 30.3 Å². The minimum Gasteiger partial charge on any atom is -0.456 e. The molecule has 0 N–H and O–H groups in total. The van der Waals surface area contributed by atoms with Crippen molar-refractivity contribution in [3.63, 3.8) is 0 Å². The van der Waals surface area contributed by atoms with E-state index in [0.717, 1.165) is 20.6 Å². The minimum absolute atomic E-state index is 0.807. The third kappa shape index (κ3) is 2.50. The van der Waals surface area contributed by atoms with Crippen LogP contribution in [0.3, 0.4) is 0 Å². The molecule has 2 rings (SSSR count). The number of hydrogen-bond donors (Lipinski definition) is 0. The van der Waals surface area contributed by atoms with Crippen LogP contribution in [0.25, 0.3) is 0 Å². The van der Waals surface area contributed by atoms with Crippen LogP contribution in [0.5, 0.6) is 11.5 Å². The van der Waals surface area contributed by atoms with Crippen molar-refractivity contribution in [2.45, 2.75) is 0 Å². The van der Waals surface area contributed by atoms with Gasteiger partial charge in [0.15, 0.2) is 0 Å². The topological polar surface area (TPSA) is 9.23 Å². The van der Waals surface area contributed by atoms with E-state index in [-0.39, 0.29) is 0 Å². The summed E-state index contributed by atoms with van der Waals surface area (Å²) in [6, 6.07) is 15.7. The summed E-state index contributed by atoms with van der Waals surface area (Å²) < 4.78 is 6.87. The molecule has 0 fully saturated rings. The Morgan fingerprint density at radius 2 is 1.47 bits per heavy atom. The third-order valence-corrected chi connectivity index (χ3v) is 2.92. The summed E-state index contributed by atoms with van der Waals surface area (Å²) in [5.41, 5.74) is 0.900. The lowest BCUT2D eigenvalue weighted by atomic mass is 10.2. The van der Waals surface area contributed by atoms with Crippen LogP contribution in [0.2, 0.25) is 0 Å². The van der Waals surface area contributed by atoms with Crippen LogP contribution >= 0.6 is 22.6 Å². The van der Waals surface area contributed by atoms with Gasteiger partial charge in [0.25, 0.3) is 0 Å². The minimum atomic E-state index is 0.807. The smallest absolute Gasteiger partial charge is 0.140 e. The SMILES string of the molecule is [CH2]c1ccccc1Oc1ccccc1I. The van der Waals surface area contributed by atoms with E-state index in [1.807, 2.05) is 48.5 Å². The number of rotatable bonds is 2. The predicted molar refractivity (Wildman–Crippen MR) is 70.1 cm³/mol. The summed E-state index contributed by atoms with van der Waals surface area (Å²) in [4.78, 5) is 0. The second-order valence-electron chi connectivity index (χ2n) is 3.14. The predicted octanol–water partition coefficient (Wildman–Crippen LogP) is 4.27. The van der Waals surface area contributed by atoms with Crippen LogP contribution in [0, 0.1) is 10.5 Å². The second-order valence-corrected chi connectivity index (χ2v) is 4.30. The molecular formula is C13H10IO. The number of ether oxygens (including phenoxy) is 1. The van der Waals surface area contributed by atoms with Gasteiger partial charge in [-0.05, 0) is 53.3 Å². The first-order valence-corrected chi connectivity index (χ1v) is 5.68. The maximum Gasteiger partial charge on any atom is 0.140 e. The average Bonchev–Trinajstić information content (AvgIpc) is 2.24. The summed E-state index contributed by atoms with van der Waals surface area (Å²) >= 11 is 2.25. The summed E-state index contributed by atoms with van der Waals surface area (Å²) in [6.07, 6.45) is 0. The fraction of sp³-hybridized carbons (Fsp3) is 0. The molecule has 0 aliphatic rings. The van der Waals surface area contributed by atoms with Crippen molar-refractivity contribution in [3.8, 4) is 11.5 Å². The first kappa shape index (κ1) is 10.5. The molecule has 15 heavy (non-hydrogen) atoms. The Kier molecular flexibility index (Phi) is 3.26. The molecule has 2 heteroatoms. The first-order chi connectivity index (χ1) is 7.27. The van der Waals surface area contributed by atoms with E-state index in [1.54, 1.807) is 0 Å². The van der Waals surface area contributed by atoms with Gasteiger partial charge >= 0.3 is 0 Å². The van der Waals surface area contributed by atoms with Gasteiger partial charge in [0.2, 0.25) is 0 Å². The van der Waals surface area contributed by atoms with Crippen molar-refractivity contribution in [3.05, 3.63) is 64.6 Å². The molecule has 0 heterocycles. The maximum absolute atomic E-state index is 5.77. The van der Waals surface area contributed by atoms with E-state index in [2.05, 4.69) is 29.5 Å². The van der Waals surface area contributed by atoms with Crippen LogP contribution < -0.4 is 4.74 Å². The van der Waals surface area contributed by atoms with Crippen molar-refractivity contribution in [2.24, 2.45) is 0 Å². The lowest BCUT2D eigenvalue weighted by molar-refractivity contribution is 0.477. The van der Waals surface area contributed by atoms with Crippen molar-refractivity contribution < 1.29 is 4.74 Å². The van der Waals surface area contributed by atoms with Crippen LogP contribution in [-0.4, -0.2) is 0 Å². The van der Waals surface area contributed by atoms with Crippen molar-refractivity contribution >= 4 is 22.6 Å². The number of benzene rings is 2. The molecule has 2 aromatic carbocycles. The second kappa shape index (κ2) is 4.66. The fourth-order valence-corrected chi connectivity index (χ4v) is 1.75. The van der Waals surface area contributed by atoms with E-state index in [4.69, 9.17) is 4.74 Å². The Bertz CT molecular complexity index is 422. The summed E-state index contributed by atoms with van der Waals surface area (Å²) in [5.74, 6) is 1.68. The highest BCUT2D eigenvalue weighted by Gasteiger charge is 2.02. The van der Waals surface area contributed by atoms with Gasteiger partial charge in [-0.2, -0.15) is 0 Å². The number of hydrogen-bond acceptors (Lipinski definition) is 1. The van der Waals surface area contributed by atoms with E-state index < -0.39 is 0 Å². The first-order valence-electron chi connectivity index (χ1n) is 4.61. The highest BCUT2D eigenvalue weighted by Crippen LogP contribution is 2.28. The Hall–Kier alpha value is -1.03. The number of halogens is 1. The Labute approximate surface area is 103 Å². The molecule has 1 nitrogen and oxygen atoms in total. The molecule has 2 aromatic rings. The molecule has 0 aromatic heterocycles. The van der Waals surface area contributed by atoms with Gasteiger partial charge in [0.1, 0.15) is 11.5 Å². The third-order valence-electron chi connectivity index (χ3n) is 2.03. The molecule has 0 spiro atoms. The van der Waals surface area contributed by atoms with Gasteiger partial charge in [-0.15, -0.1) is 0 Å². The van der Waals surface area contributed by atoms with Crippen LogP contribution in [0.4, 0.5) is 0 Å². The maximum atomic E-state index is 5.77. The molecule has 0 saturated carbocycles. The summed E-state index contributed by atoms with van der Waals surface area (Å²) in [6.45, 7) is 3.92. The molecule has 0 aliphatic carbocycles. The molecule has 0 saturated heterocycles. The summed E-state index contributed by atoms with van der Waals surface area (Å²) in [5, 5.41) is 0. The molecule has 0 aliphatic heterocycles. The van der Waals surface area contributed by atoms with Crippen molar-refractivity contribution in [2.75, 3.05) is 0 Å². The molecular weight excluding hydrogens is 299 g/mol. The van der Waals surface area contributed by atoms with Gasteiger partial charge in [-0.3, -0.25) is 0 Å². The zero-order valence-electron chi connectivity index (χ0n) is 8.11. The fourth-order valence-electron chi connectivity index (χ4n) is 1.25. The van der Waals surface area contributed by atoms with Gasteiger partial charge in [-0.25, -0.2) is 0 Å². The van der Waals surface area contributed by atoms with Crippen LogP contribution in [-0.2, 0) is 0 Å². The van der Waals surface area contributed by atoms with Gasteiger partial charge in [0, 0.05) is 0 Å². The highest BCUT2D eigenvalue weighted by molar-refractivity contribution is 14.1. The van der Waals surface area contributed by atoms with E-state index in [1.165, 1.54) is 0 Å². The Balaban J connectivity index is 2.30. The average molecular weight is 309 g/mol. The Morgan fingerprint density at radius 1 is 0.867 bits per heavy atom. The summed E-state index contributed by atoms with van der Waals surface area (Å²) in [7, 11) is 0. The van der Waals surface area contributed by atoms with Crippen LogP contribution in [0.15, 0.2) is 48.5 Å². The van der Waals surface area contributed by atoms with E-state index >= 15 is 0 Å². The Morgan fingerprint density at radius 3 is 2.13 bits per heavy atom. The molecule has 1 radical (unpaired) electrons. The largest absolute Gasteiger partial charge is 0.456 e. The van der Waals surface area contributed by atoms with E-state index in [9.17, 15) is 0 Å². The molecule has 0 atom stereocenters. The van der Waals surface area contributed by atoms with Gasteiger partial charge < -0.3 is 4.74 Å². The van der Waals surface area contributed by atoms with Crippen molar-refractivity contribution in [1.29, 1.82) is 0 Å². The highest BCUT2D eigenvalue weighted by atomic mass is 127. The molecule has 0 amide bonds. The quantitative estimate of drug-likeness (QED) is 0.753.